The third-order valence-electron chi connectivity index (χ3n) is 5.95. The Morgan fingerprint density at radius 3 is 2.18 bits per heavy atom. The van der Waals surface area contributed by atoms with Crippen LogP contribution < -0.4 is 20.7 Å². The van der Waals surface area contributed by atoms with Gasteiger partial charge in [0, 0.05) is 25.2 Å². The molecule has 1 heterocycles. The molecule has 0 radical (unpaired) electrons. The summed E-state index contributed by atoms with van der Waals surface area (Å²) in [6, 6.07) is 11.9. The summed E-state index contributed by atoms with van der Waals surface area (Å²) < 4.78 is 14.4. The first-order valence-electron chi connectivity index (χ1n) is 11.5. The van der Waals surface area contributed by atoms with Crippen molar-refractivity contribution < 1.29 is 9.47 Å². The molecule has 0 atom stereocenters. The number of nitrogens with zero attached hydrogens (tertiary/aromatic N) is 4. The van der Waals surface area contributed by atoms with E-state index in [4.69, 9.17) is 14.5 Å². The molecule has 0 aliphatic carbocycles. The molecule has 0 amide bonds. The number of rotatable bonds is 8. The smallest absolute Gasteiger partial charge is 0.329 e. The quantitative estimate of drug-likeness (QED) is 0.506. The van der Waals surface area contributed by atoms with Gasteiger partial charge in [0.25, 0.3) is 0 Å². The Labute approximate surface area is 201 Å². The highest BCUT2D eigenvalue weighted by Crippen LogP contribution is 2.32. The molecule has 0 unspecified atom stereocenters. The van der Waals surface area contributed by atoms with E-state index in [0.29, 0.717) is 23.5 Å². The van der Waals surface area contributed by atoms with Crippen LogP contribution in [0.25, 0.3) is 11.3 Å². The van der Waals surface area contributed by atoms with Gasteiger partial charge in [0.15, 0.2) is 11.5 Å². The van der Waals surface area contributed by atoms with E-state index in [1.54, 1.807) is 25.8 Å². The van der Waals surface area contributed by atoms with Crippen LogP contribution in [-0.4, -0.2) is 48.9 Å². The lowest BCUT2D eigenvalue weighted by Crippen LogP contribution is -2.39. The second-order valence-corrected chi connectivity index (χ2v) is 8.97. The van der Waals surface area contributed by atoms with Crippen molar-refractivity contribution in [1.82, 2.24) is 14.0 Å². The van der Waals surface area contributed by atoms with E-state index in [2.05, 4.69) is 37.8 Å². The normalized spacial score (nSPS) is 11.9. The number of hydrogen-bond donors (Lipinski definition) is 0. The average Bonchev–Trinajstić information content (AvgIpc) is 2.79. The summed E-state index contributed by atoms with van der Waals surface area (Å²) in [5.74, 6) is 1.26. The van der Waals surface area contributed by atoms with Crippen LogP contribution in [-0.2, 0) is 13.6 Å². The van der Waals surface area contributed by atoms with Gasteiger partial charge in [-0.3, -0.25) is 9.13 Å². The fourth-order valence-corrected chi connectivity index (χ4v) is 4.25. The van der Waals surface area contributed by atoms with E-state index in [-0.39, 0.29) is 5.69 Å². The van der Waals surface area contributed by atoms with Crippen LogP contribution in [0.15, 0.2) is 46.2 Å². The molecule has 0 fully saturated rings. The third kappa shape index (κ3) is 5.42. The molecule has 1 aromatic heterocycles. The zero-order valence-corrected chi connectivity index (χ0v) is 21.6. The highest BCUT2D eigenvalue weighted by atomic mass is 16.5. The highest BCUT2D eigenvalue weighted by molar-refractivity contribution is 5.64. The number of aryl methyl sites for hydroxylation is 3. The SMILES string of the molecule is COc1ccc(-c2c/c(=N/c3c(C)cc(C)cc3C)n(C)c(=O)n2CCCN(C)C)cc1OC. The van der Waals surface area contributed by atoms with Crippen LogP contribution in [0.1, 0.15) is 23.1 Å². The first kappa shape index (κ1) is 25.3. The van der Waals surface area contributed by atoms with E-state index in [1.165, 1.54) is 5.56 Å². The molecule has 0 aliphatic heterocycles. The van der Waals surface area contributed by atoms with Crippen molar-refractivity contribution >= 4 is 5.69 Å². The Kier molecular flexibility index (Phi) is 7.99. The van der Waals surface area contributed by atoms with E-state index in [9.17, 15) is 4.79 Å². The highest BCUT2D eigenvalue weighted by Gasteiger charge is 2.14. The van der Waals surface area contributed by atoms with Crippen LogP contribution in [0.4, 0.5) is 5.69 Å². The van der Waals surface area contributed by atoms with Gasteiger partial charge in [0.1, 0.15) is 5.49 Å². The minimum Gasteiger partial charge on any atom is -0.493 e. The minimum absolute atomic E-state index is 0.104. The Morgan fingerprint density at radius 2 is 1.59 bits per heavy atom. The van der Waals surface area contributed by atoms with Crippen molar-refractivity contribution in [1.29, 1.82) is 0 Å². The van der Waals surface area contributed by atoms with Crippen molar-refractivity contribution in [3.63, 3.8) is 0 Å². The zero-order chi connectivity index (χ0) is 25.0. The lowest BCUT2D eigenvalue weighted by molar-refractivity contribution is 0.355. The van der Waals surface area contributed by atoms with Crippen molar-refractivity contribution in [3.8, 4) is 22.8 Å². The molecule has 34 heavy (non-hydrogen) atoms. The van der Waals surface area contributed by atoms with E-state index in [1.807, 2.05) is 42.9 Å². The van der Waals surface area contributed by atoms with Crippen LogP contribution in [0.3, 0.4) is 0 Å². The lowest BCUT2D eigenvalue weighted by Gasteiger charge is -2.18. The van der Waals surface area contributed by atoms with Crippen molar-refractivity contribution in [3.05, 3.63) is 69.1 Å². The average molecular weight is 465 g/mol. The first-order chi connectivity index (χ1) is 16.2. The summed E-state index contributed by atoms with van der Waals surface area (Å²) in [7, 11) is 9.07. The zero-order valence-electron chi connectivity index (χ0n) is 21.6. The van der Waals surface area contributed by atoms with Gasteiger partial charge in [-0.2, -0.15) is 0 Å². The predicted octanol–water partition coefficient (Wildman–Crippen LogP) is 3.98. The Bertz CT molecular complexity index is 1280. The summed E-state index contributed by atoms with van der Waals surface area (Å²) in [6.45, 7) is 7.66. The second-order valence-electron chi connectivity index (χ2n) is 8.97. The predicted molar refractivity (Wildman–Crippen MR) is 137 cm³/mol. The molecule has 3 aromatic rings. The molecule has 0 saturated carbocycles. The number of hydrogen-bond acceptors (Lipinski definition) is 5. The standard InChI is InChI=1S/C27H36N4O3/c1-18-14-19(2)26(20(3)15-18)28-25-17-22(21-10-11-23(33-7)24(16-21)34-8)31(27(32)30(25)6)13-9-12-29(4)5/h10-11,14-17H,9,12-13H2,1-8H3/b28-25-. The Balaban J connectivity index is 2.27. The van der Waals surface area contributed by atoms with E-state index < -0.39 is 0 Å². The maximum Gasteiger partial charge on any atom is 0.329 e. The molecular weight excluding hydrogens is 428 g/mol. The van der Waals surface area contributed by atoms with E-state index >= 15 is 0 Å². The molecule has 0 bridgehead atoms. The van der Waals surface area contributed by atoms with Crippen LogP contribution >= 0.6 is 0 Å². The molecule has 0 saturated heterocycles. The summed E-state index contributed by atoms with van der Waals surface area (Å²) in [6.07, 6.45) is 0.847. The number of benzene rings is 2. The van der Waals surface area contributed by atoms with Gasteiger partial charge in [-0.1, -0.05) is 17.7 Å². The second kappa shape index (κ2) is 10.7. The maximum absolute atomic E-state index is 13.5. The van der Waals surface area contributed by atoms with Crippen molar-refractivity contribution in [2.24, 2.45) is 12.0 Å². The van der Waals surface area contributed by atoms with Gasteiger partial charge in [-0.05, 0) is 77.2 Å². The maximum atomic E-state index is 13.5. The molecule has 7 nitrogen and oxygen atoms in total. The summed E-state index contributed by atoms with van der Waals surface area (Å²) >= 11 is 0. The van der Waals surface area contributed by atoms with Crippen LogP contribution in [0, 0.1) is 20.8 Å². The van der Waals surface area contributed by atoms with Crippen LogP contribution in [0.2, 0.25) is 0 Å². The molecule has 0 N–H and O–H groups in total. The Hall–Kier alpha value is -3.32. The monoisotopic (exact) mass is 464 g/mol. The fourth-order valence-electron chi connectivity index (χ4n) is 4.25. The lowest BCUT2D eigenvalue weighted by atomic mass is 10.1. The molecule has 2 aromatic carbocycles. The van der Waals surface area contributed by atoms with Gasteiger partial charge in [0.05, 0.1) is 25.6 Å². The largest absolute Gasteiger partial charge is 0.493 e. The third-order valence-corrected chi connectivity index (χ3v) is 5.95. The van der Waals surface area contributed by atoms with Gasteiger partial charge in [0.2, 0.25) is 0 Å². The topological polar surface area (TPSA) is 61.0 Å². The van der Waals surface area contributed by atoms with Gasteiger partial charge >= 0.3 is 5.69 Å². The fraction of sp³-hybridized carbons (Fsp3) is 0.407. The summed E-state index contributed by atoms with van der Waals surface area (Å²) in [5, 5.41) is 0. The molecule has 3 rings (SSSR count). The first-order valence-corrected chi connectivity index (χ1v) is 11.5. The molecule has 7 heteroatoms. The minimum atomic E-state index is -0.104. The Morgan fingerprint density at radius 1 is 0.941 bits per heavy atom. The van der Waals surface area contributed by atoms with E-state index in [0.717, 1.165) is 41.0 Å². The van der Waals surface area contributed by atoms with Gasteiger partial charge < -0.3 is 14.4 Å². The van der Waals surface area contributed by atoms with Gasteiger partial charge in [-0.25, -0.2) is 9.79 Å². The molecule has 182 valence electrons. The van der Waals surface area contributed by atoms with Gasteiger partial charge in [-0.15, -0.1) is 0 Å². The number of methoxy groups -OCH3 is 2. The number of ether oxygens (including phenoxy) is 2. The number of aromatic nitrogens is 2. The molecule has 0 aliphatic rings. The molecule has 0 spiro atoms. The molecular formula is C27H36N4O3. The summed E-state index contributed by atoms with van der Waals surface area (Å²) in [4.78, 5) is 20.6. The van der Waals surface area contributed by atoms with Crippen LogP contribution in [0.5, 0.6) is 11.5 Å². The van der Waals surface area contributed by atoms with Crippen molar-refractivity contribution in [2.45, 2.75) is 33.7 Å². The summed E-state index contributed by atoms with van der Waals surface area (Å²) in [5.41, 5.74) is 6.42. The van der Waals surface area contributed by atoms with Crippen molar-refractivity contribution in [2.75, 3.05) is 34.9 Å².